The number of hydrogen-bond donors (Lipinski definition) is 3. The molecule has 0 aliphatic rings. The third-order valence-corrected chi connectivity index (χ3v) is 6.50. The van der Waals surface area contributed by atoms with Crippen molar-refractivity contribution in [2.45, 2.75) is 53.2 Å². The molecule has 2 amide bonds. The molecule has 0 saturated heterocycles. The van der Waals surface area contributed by atoms with Crippen LogP contribution in [-0.2, 0) is 9.53 Å². The maximum atomic E-state index is 13.2. The number of nitrogens with zero attached hydrogens (tertiary/aromatic N) is 6. The summed E-state index contributed by atoms with van der Waals surface area (Å²) in [6.07, 6.45) is 4.44. The van der Waals surface area contributed by atoms with Crippen LogP contribution in [0.4, 0.5) is 16.3 Å². The summed E-state index contributed by atoms with van der Waals surface area (Å²) in [5.74, 6) is 6.86. The minimum Gasteiger partial charge on any atom is -0.444 e. The monoisotopic (exact) mass is 581 g/mol. The molecule has 0 fully saturated rings. The first-order valence-corrected chi connectivity index (χ1v) is 13.6. The van der Waals surface area contributed by atoms with E-state index in [-0.39, 0.29) is 11.5 Å². The molecule has 12 heteroatoms. The summed E-state index contributed by atoms with van der Waals surface area (Å²) in [5.41, 5.74) is 3.71. The minimum absolute atomic E-state index is 0.215. The Balaban J connectivity index is 1.74. The van der Waals surface area contributed by atoms with Crippen LogP contribution in [0, 0.1) is 24.2 Å². The van der Waals surface area contributed by atoms with Crippen molar-refractivity contribution >= 4 is 34.7 Å². The lowest BCUT2D eigenvalue weighted by atomic mass is 10.1. The third-order valence-electron chi connectivity index (χ3n) is 6.50. The Morgan fingerprint density at radius 1 is 1.14 bits per heavy atom. The summed E-state index contributed by atoms with van der Waals surface area (Å²) < 4.78 is 7.37. The molecule has 0 saturated carbocycles. The van der Waals surface area contributed by atoms with Gasteiger partial charge in [0.2, 0.25) is 5.91 Å². The lowest BCUT2D eigenvalue weighted by Gasteiger charge is -2.28. The van der Waals surface area contributed by atoms with Gasteiger partial charge < -0.3 is 25.2 Å². The Hall–Kier alpha value is -5.31. The molecule has 4 aromatic rings. The van der Waals surface area contributed by atoms with E-state index < -0.39 is 23.6 Å². The number of pyridine rings is 2. The summed E-state index contributed by atoms with van der Waals surface area (Å²) in [6.45, 7) is 10.4. The lowest BCUT2D eigenvalue weighted by Crippen LogP contribution is -2.45. The Labute approximate surface area is 250 Å². The van der Waals surface area contributed by atoms with Crippen LogP contribution in [0.2, 0.25) is 0 Å². The average molecular weight is 582 g/mol. The molecule has 0 aliphatic heterocycles. The van der Waals surface area contributed by atoms with E-state index in [4.69, 9.17) is 10.1 Å². The van der Waals surface area contributed by atoms with Gasteiger partial charge in [-0.1, -0.05) is 5.92 Å². The van der Waals surface area contributed by atoms with Crippen LogP contribution in [0.15, 0.2) is 43.0 Å². The van der Waals surface area contributed by atoms with E-state index in [2.05, 4.69) is 42.4 Å². The molecule has 4 aromatic heterocycles. The highest BCUT2D eigenvalue weighted by Crippen LogP contribution is 2.30. The van der Waals surface area contributed by atoms with Crippen molar-refractivity contribution in [3.05, 3.63) is 65.8 Å². The molecule has 1 atom stereocenters. The number of likely N-dealkylation sites (N-methyl/N-ethyl adjacent to an activating group) is 1. The predicted molar refractivity (Wildman–Crippen MR) is 165 cm³/mol. The summed E-state index contributed by atoms with van der Waals surface area (Å²) in [6, 6.07) is 6.37. The van der Waals surface area contributed by atoms with Crippen molar-refractivity contribution in [3.8, 4) is 23.1 Å². The van der Waals surface area contributed by atoms with Gasteiger partial charge in [0, 0.05) is 31.4 Å². The Bertz CT molecular complexity index is 1780. The molecule has 4 heterocycles. The van der Waals surface area contributed by atoms with Gasteiger partial charge in [-0.25, -0.2) is 24.7 Å². The Morgan fingerprint density at radius 3 is 2.56 bits per heavy atom. The van der Waals surface area contributed by atoms with Crippen LogP contribution < -0.4 is 10.6 Å². The maximum Gasteiger partial charge on any atom is 0.410 e. The van der Waals surface area contributed by atoms with Crippen LogP contribution in [-0.4, -0.2) is 72.7 Å². The fourth-order valence-corrected chi connectivity index (χ4v) is 4.17. The van der Waals surface area contributed by atoms with Crippen molar-refractivity contribution < 1.29 is 14.3 Å². The SMILES string of the molecule is CNc1c(C(C)=N)ncnc1-c1cc(C#Cc2ccn3c(C)ncc3c2)nc(NC(=O)C(C)N(C)C(=O)OC(C)(C)C)c1. The normalized spacial score (nSPS) is 11.7. The van der Waals surface area contributed by atoms with Crippen molar-refractivity contribution in [2.75, 3.05) is 24.7 Å². The van der Waals surface area contributed by atoms with Crippen LogP contribution >= 0.6 is 0 Å². The van der Waals surface area contributed by atoms with Gasteiger partial charge in [-0.05, 0) is 71.7 Å². The predicted octanol–water partition coefficient (Wildman–Crippen LogP) is 4.52. The topological polar surface area (TPSA) is 150 Å². The molecular formula is C31H35N9O3. The Morgan fingerprint density at radius 2 is 1.88 bits per heavy atom. The van der Waals surface area contributed by atoms with Crippen molar-refractivity contribution in [1.82, 2.24) is 29.2 Å². The van der Waals surface area contributed by atoms with E-state index in [1.807, 2.05) is 29.7 Å². The van der Waals surface area contributed by atoms with Crippen molar-refractivity contribution in [1.29, 1.82) is 5.41 Å². The van der Waals surface area contributed by atoms with E-state index >= 15 is 0 Å². The second-order valence-corrected chi connectivity index (χ2v) is 11.0. The van der Waals surface area contributed by atoms with Gasteiger partial charge in [0.25, 0.3) is 0 Å². The van der Waals surface area contributed by atoms with Crippen LogP contribution in [0.3, 0.4) is 0 Å². The van der Waals surface area contributed by atoms with Crippen molar-refractivity contribution in [3.63, 3.8) is 0 Å². The second kappa shape index (κ2) is 12.3. The molecule has 0 aliphatic carbocycles. The average Bonchev–Trinajstić information content (AvgIpc) is 3.33. The largest absolute Gasteiger partial charge is 0.444 e. The fourth-order valence-electron chi connectivity index (χ4n) is 4.17. The number of hydrogen-bond acceptors (Lipinski definition) is 9. The number of rotatable bonds is 6. The zero-order valence-corrected chi connectivity index (χ0v) is 25.5. The molecule has 4 rings (SSSR count). The smallest absolute Gasteiger partial charge is 0.410 e. The minimum atomic E-state index is -0.861. The summed E-state index contributed by atoms with van der Waals surface area (Å²) in [7, 11) is 3.22. The molecule has 222 valence electrons. The number of fused-ring (bicyclic) bond motifs is 1. The fraction of sp³-hybridized carbons (Fsp3) is 0.323. The molecule has 43 heavy (non-hydrogen) atoms. The van der Waals surface area contributed by atoms with Gasteiger partial charge in [0.1, 0.15) is 41.0 Å². The van der Waals surface area contributed by atoms with Gasteiger partial charge in [-0.15, -0.1) is 0 Å². The van der Waals surface area contributed by atoms with E-state index in [9.17, 15) is 9.59 Å². The summed E-state index contributed by atoms with van der Waals surface area (Å²) in [5, 5.41) is 14.0. The van der Waals surface area contributed by atoms with Crippen LogP contribution in [0.5, 0.6) is 0 Å². The number of anilines is 2. The maximum absolute atomic E-state index is 13.2. The molecule has 1 unspecified atom stereocenters. The molecule has 0 aromatic carbocycles. The molecule has 0 radical (unpaired) electrons. The first-order chi connectivity index (χ1) is 20.3. The number of aromatic nitrogens is 5. The molecule has 3 N–H and O–H groups in total. The van der Waals surface area contributed by atoms with Gasteiger partial charge in [0.15, 0.2) is 0 Å². The third kappa shape index (κ3) is 7.13. The number of ether oxygens (including phenoxy) is 1. The number of nitrogens with one attached hydrogen (secondary N) is 3. The highest BCUT2D eigenvalue weighted by Gasteiger charge is 2.27. The number of aryl methyl sites for hydroxylation is 1. The molecule has 0 bridgehead atoms. The van der Waals surface area contributed by atoms with E-state index in [0.29, 0.717) is 28.3 Å². The summed E-state index contributed by atoms with van der Waals surface area (Å²) in [4.78, 5) is 44.6. The second-order valence-electron chi connectivity index (χ2n) is 11.0. The number of imidazole rings is 1. The molecular weight excluding hydrogens is 546 g/mol. The van der Waals surface area contributed by atoms with Gasteiger partial charge in [0.05, 0.1) is 28.8 Å². The Kier molecular flexibility index (Phi) is 8.75. The lowest BCUT2D eigenvalue weighted by molar-refractivity contribution is -0.120. The number of carbonyl (C=O) groups is 2. The van der Waals surface area contributed by atoms with Crippen LogP contribution in [0.25, 0.3) is 16.8 Å². The van der Waals surface area contributed by atoms with E-state index in [1.54, 1.807) is 60.0 Å². The summed E-state index contributed by atoms with van der Waals surface area (Å²) >= 11 is 0. The first kappa shape index (κ1) is 30.6. The van der Waals surface area contributed by atoms with E-state index in [0.717, 1.165) is 16.9 Å². The quantitative estimate of drug-likeness (QED) is 0.222. The molecule has 0 spiro atoms. The number of carbonyl (C=O) groups excluding carboxylic acids is 2. The zero-order chi connectivity index (χ0) is 31.5. The standard InChI is InChI=1S/C31H35N9O3/c1-18(32)26-28(33-7)27(36-17-35-26)22-14-23(10-9-21-11-12-40-20(3)34-16-24(40)13-21)37-25(15-22)38-29(41)19(2)39(8)30(42)43-31(4,5)6/h11-17,19,32-33H,1-8H3,(H,37,38,41). The van der Waals surface area contributed by atoms with Gasteiger partial charge in [-0.2, -0.15) is 0 Å². The first-order valence-electron chi connectivity index (χ1n) is 13.6. The highest BCUT2D eigenvalue weighted by molar-refractivity contribution is 6.02. The highest BCUT2D eigenvalue weighted by atomic mass is 16.6. The number of amides is 2. The van der Waals surface area contributed by atoms with E-state index in [1.165, 1.54) is 18.3 Å². The van der Waals surface area contributed by atoms with Gasteiger partial charge in [-0.3, -0.25) is 9.69 Å². The van der Waals surface area contributed by atoms with Crippen LogP contribution in [0.1, 0.15) is 57.4 Å². The zero-order valence-electron chi connectivity index (χ0n) is 25.5. The molecule has 12 nitrogen and oxygen atoms in total. The van der Waals surface area contributed by atoms with Gasteiger partial charge >= 0.3 is 6.09 Å². The van der Waals surface area contributed by atoms with Crippen molar-refractivity contribution in [2.24, 2.45) is 0 Å².